The Labute approximate surface area is 110 Å². The minimum atomic E-state index is -4.03. The average Bonchev–Trinajstić information content (AvgIpc) is 2.41. The van der Waals surface area contributed by atoms with E-state index in [2.05, 4.69) is 4.98 Å². The third kappa shape index (κ3) is 2.50. The Morgan fingerprint density at radius 3 is 2.63 bits per heavy atom. The molecule has 19 heavy (non-hydrogen) atoms. The van der Waals surface area contributed by atoms with Gasteiger partial charge >= 0.3 is 0 Å². The van der Waals surface area contributed by atoms with Crippen molar-refractivity contribution in [1.29, 1.82) is 0 Å². The average molecular weight is 281 g/mol. The van der Waals surface area contributed by atoms with E-state index in [1.165, 1.54) is 25.4 Å². The molecule has 100 valence electrons. The lowest BCUT2D eigenvalue weighted by atomic mass is 10.3. The molecule has 0 fully saturated rings. The SMILES string of the molecule is CN(c1ccccn1)S(=O)(=O)c1cc(N)ccc1F. The molecular weight excluding hydrogens is 269 g/mol. The van der Waals surface area contributed by atoms with Crippen LogP contribution in [0.3, 0.4) is 0 Å². The van der Waals surface area contributed by atoms with Crippen LogP contribution in [0.4, 0.5) is 15.9 Å². The lowest BCUT2D eigenvalue weighted by molar-refractivity contribution is 0.566. The summed E-state index contributed by atoms with van der Waals surface area (Å²) in [5, 5.41) is 0. The lowest BCUT2D eigenvalue weighted by Crippen LogP contribution is -2.28. The second kappa shape index (κ2) is 4.85. The Bertz CT molecular complexity index is 689. The third-order valence-corrected chi connectivity index (χ3v) is 4.34. The van der Waals surface area contributed by atoms with Crippen molar-refractivity contribution in [3.63, 3.8) is 0 Å². The topological polar surface area (TPSA) is 76.3 Å². The molecule has 0 unspecified atom stereocenters. The van der Waals surface area contributed by atoms with Gasteiger partial charge < -0.3 is 5.73 Å². The first-order valence-corrected chi connectivity index (χ1v) is 6.82. The lowest BCUT2D eigenvalue weighted by Gasteiger charge is -2.18. The van der Waals surface area contributed by atoms with Gasteiger partial charge in [-0.25, -0.2) is 17.8 Å². The molecule has 0 radical (unpaired) electrons. The quantitative estimate of drug-likeness (QED) is 0.867. The van der Waals surface area contributed by atoms with Crippen LogP contribution in [0.2, 0.25) is 0 Å². The minimum absolute atomic E-state index is 0.175. The van der Waals surface area contributed by atoms with Crippen LogP contribution in [0.5, 0.6) is 0 Å². The summed E-state index contributed by atoms with van der Waals surface area (Å²) >= 11 is 0. The molecular formula is C12H12FN3O2S. The van der Waals surface area contributed by atoms with Crippen LogP contribution in [0, 0.1) is 5.82 Å². The van der Waals surface area contributed by atoms with Crippen LogP contribution in [0.1, 0.15) is 0 Å². The van der Waals surface area contributed by atoms with E-state index in [1.807, 2.05) is 0 Å². The molecule has 2 aromatic rings. The number of nitrogens with zero attached hydrogens (tertiary/aromatic N) is 2. The fourth-order valence-corrected chi connectivity index (χ4v) is 2.78. The van der Waals surface area contributed by atoms with Gasteiger partial charge in [0.05, 0.1) is 0 Å². The van der Waals surface area contributed by atoms with Gasteiger partial charge in [-0.2, -0.15) is 0 Å². The molecule has 2 rings (SSSR count). The van der Waals surface area contributed by atoms with Crippen molar-refractivity contribution in [2.75, 3.05) is 17.1 Å². The van der Waals surface area contributed by atoms with Crippen molar-refractivity contribution in [2.24, 2.45) is 0 Å². The summed E-state index contributed by atoms with van der Waals surface area (Å²) in [4.78, 5) is 3.44. The number of hydrogen-bond donors (Lipinski definition) is 1. The molecule has 0 atom stereocenters. The van der Waals surface area contributed by atoms with E-state index in [1.54, 1.807) is 12.1 Å². The molecule has 5 nitrogen and oxygen atoms in total. The highest BCUT2D eigenvalue weighted by atomic mass is 32.2. The van der Waals surface area contributed by atoms with Crippen molar-refractivity contribution < 1.29 is 12.8 Å². The summed E-state index contributed by atoms with van der Waals surface area (Å²) in [6.45, 7) is 0. The Morgan fingerprint density at radius 1 is 1.26 bits per heavy atom. The first kappa shape index (κ1) is 13.3. The van der Waals surface area contributed by atoms with E-state index < -0.39 is 20.7 Å². The summed E-state index contributed by atoms with van der Waals surface area (Å²) < 4.78 is 39.2. The molecule has 0 amide bonds. The van der Waals surface area contributed by atoms with Crippen LogP contribution in [-0.2, 0) is 10.0 Å². The zero-order valence-corrected chi connectivity index (χ0v) is 10.9. The van der Waals surface area contributed by atoms with E-state index >= 15 is 0 Å². The van der Waals surface area contributed by atoms with Gasteiger partial charge in [-0.15, -0.1) is 0 Å². The fourth-order valence-electron chi connectivity index (χ4n) is 1.53. The summed E-state index contributed by atoms with van der Waals surface area (Å²) in [5.41, 5.74) is 5.67. The third-order valence-electron chi connectivity index (χ3n) is 2.57. The highest BCUT2D eigenvalue weighted by Crippen LogP contribution is 2.23. The van der Waals surface area contributed by atoms with Gasteiger partial charge in [0.1, 0.15) is 16.5 Å². The molecule has 1 heterocycles. The van der Waals surface area contributed by atoms with Crippen LogP contribution >= 0.6 is 0 Å². The predicted molar refractivity (Wildman–Crippen MR) is 70.6 cm³/mol. The molecule has 0 aliphatic carbocycles. The van der Waals surface area contributed by atoms with Gasteiger partial charge in [0.15, 0.2) is 0 Å². The van der Waals surface area contributed by atoms with Gasteiger partial charge in [-0.1, -0.05) is 6.07 Å². The first-order valence-electron chi connectivity index (χ1n) is 5.38. The summed E-state index contributed by atoms with van der Waals surface area (Å²) in [6.07, 6.45) is 1.46. The summed E-state index contributed by atoms with van der Waals surface area (Å²) in [6, 6.07) is 8.23. The Hall–Kier alpha value is -2.15. The largest absolute Gasteiger partial charge is 0.399 e. The van der Waals surface area contributed by atoms with Gasteiger partial charge in [0.2, 0.25) is 0 Å². The van der Waals surface area contributed by atoms with E-state index in [9.17, 15) is 12.8 Å². The number of sulfonamides is 1. The number of hydrogen-bond acceptors (Lipinski definition) is 4. The standard InChI is InChI=1S/C12H12FN3O2S/c1-16(12-4-2-3-7-15-12)19(17,18)11-8-9(14)5-6-10(11)13/h2-8H,14H2,1H3. The Balaban J connectivity index is 2.51. The zero-order valence-electron chi connectivity index (χ0n) is 10.1. The number of anilines is 2. The van der Waals surface area contributed by atoms with Crippen LogP contribution in [-0.4, -0.2) is 20.4 Å². The maximum absolute atomic E-state index is 13.7. The summed E-state index contributed by atoms with van der Waals surface area (Å²) in [5.74, 6) is -0.652. The van der Waals surface area contributed by atoms with Crippen molar-refractivity contribution in [2.45, 2.75) is 4.90 Å². The number of halogens is 1. The van der Waals surface area contributed by atoms with E-state index in [0.717, 1.165) is 16.4 Å². The van der Waals surface area contributed by atoms with Gasteiger partial charge in [-0.05, 0) is 30.3 Å². The maximum atomic E-state index is 13.7. The number of pyridine rings is 1. The molecule has 0 saturated heterocycles. The van der Waals surface area contributed by atoms with Crippen LogP contribution in [0.25, 0.3) is 0 Å². The van der Waals surface area contributed by atoms with Gasteiger partial charge in [0.25, 0.3) is 10.0 Å². The molecule has 2 N–H and O–H groups in total. The second-order valence-corrected chi connectivity index (χ2v) is 5.79. The molecule has 0 saturated carbocycles. The van der Waals surface area contributed by atoms with E-state index in [0.29, 0.717) is 0 Å². The normalized spacial score (nSPS) is 11.3. The van der Waals surface area contributed by atoms with Gasteiger partial charge in [0, 0.05) is 18.9 Å². The highest BCUT2D eigenvalue weighted by molar-refractivity contribution is 7.92. The van der Waals surface area contributed by atoms with Crippen LogP contribution < -0.4 is 10.0 Å². The van der Waals surface area contributed by atoms with E-state index in [-0.39, 0.29) is 11.5 Å². The van der Waals surface area contributed by atoms with Crippen molar-refractivity contribution in [3.8, 4) is 0 Å². The van der Waals surface area contributed by atoms with Crippen molar-refractivity contribution >= 4 is 21.5 Å². The zero-order chi connectivity index (χ0) is 14.0. The molecule has 0 aliphatic heterocycles. The van der Waals surface area contributed by atoms with Gasteiger partial charge in [-0.3, -0.25) is 4.31 Å². The molecule has 0 aliphatic rings. The Morgan fingerprint density at radius 2 is 2.00 bits per heavy atom. The van der Waals surface area contributed by atoms with E-state index in [4.69, 9.17) is 5.73 Å². The number of benzene rings is 1. The smallest absolute Gasteiger partial charge is 0.268 e. The highest BCUT2D eigenvalue weighted by Gasteiger charge is 2.25. The minimum Gasteiger partial charge on any atom is -0.399 e. The van der Waals surface area contributed by atoms with Crippen LogP contribution in [0.15, 0.2) is 47.5 Å². The molecule has 7 heteroatoms. The number of aromatic nitrogens is 1. The van der Waals surface area contributed by atoms with Crippen molar-refractivity contribution in [1.82, 2.24) is 4.98 Å². The predicted octanol–water partition coefficient (Wildman–Crippen LogP) is 1.63. The molecule has 1 aromatic heterocycles. The molecule has 0 bridgehead atoms. The molecule has 1 aromatic carbocycles. The maximum Gasteiger partial charge on any atom is 0.268 e. The number of nitrogen functional groups attached to an aromatic ring is 1. The molecule has 0 spiro atoms. The van der Waals surface area contributed by atoms with Crippen molar-refractivity contribution in [3.05, 3.63) is 48.4 Å². The number of nitrogens with two attached hydrogens (primary N) is 1. The monoisotopic (exact) mass is 281 g/mol. The first-order chi connectivity index (χ1) is 8.93. The Kier molecular flexibility index (Phi) is 3.39. The second-order valence-electron chi connectivity index (χ2n) is 3.85. The number of rotatable bonds is 3. The summed E-state index contributed by atoms with van der Waals surface area (Å²) in [7, 11) is -2.72. The fraction of sp³-hybridized carbons (Fsp3) is 0.0833.